The summed E-state index contributed by atoms with van der Waals surface area (Å²) in [5.41, 5.74) is 0. The molecule has 1 aromatic heterocycles. The Bertz CT molecular complexity index is 377. The van der Waals surface area contributed by atoms with Gasteiger partial charge in [0.1, 0.15) is 0 Å². The molecule has 0 bridgehead atoms. The summed E-state index contributed by atoms with van der Waals surface area (Å²) >= 11 is 4.53. The van der Waals surface area contributed by atoms with Crippen molar-refractivity contribution in [2.45, 2.75) is 19.6 Å². The van der Waals surface area contributed by atoms with Crippen molar-refractivity contribution in [3.8, 4) is 0 Å². The first-order chi connectivity index (χ1) is 7.34. The zero-order valence-corrected chi connectivity index (χ0v) is 10.7. The lowest BCUT2D eigenvalue weighted by Gasteiger charge is -2.21. The Balaban J connectivity index is 2.73. The maximum atomic E-state index is 12.2. The molecule has 0 aromatic carbocycles. The summed E-state index contributed by atoms with van der Waals surface area (Å²) in [5, 5.41) is 0. The molecule has 0 radical (unpaired) electrons. The van der Waals surface area contributed by atoms with Gasteiger partial charge in [0.15, 0.2) is 0 Å². The van der Waals surface area contributed by atoms with Crippen LogP contribution in [0.2, 0.25) is 0 Å². The van der Waals surface area contributed by atoms with Crippen LogP contribution in [0.15, 0.2) is 15.9 Å². The third-order valence-electron chi connectivity index (χ3n) is 1.89. The Hall–Kier alpha value is -0.560. The molecule has 0 atom stereocenters. The van der Waals surface area contributed by atoms with Crippen molar-refractivity contribution in [1.29, 1.82) is 0 Å². The molecule has 0 spiro atoms. The summed E-state index contributed by atoms with van der Waals surface area (Å²) in [6.45, 7) is 1.55. The second-order valence-electron chi connectivity index (χ2n) is 3.02. The number of rotatable bonds is 3. The number of hydrogen-bond acceptors (Lipinski definition) is 2. The maximum absolute atomic E-state index is 12.2. The molecule has 0 saturated heterocycles. The number of alkyl halides is 3. The van der Waals surface area contributed by atoms with Crippen molar-refractivity contribution in [1.82, 2.24) is 4.90 Å². The highest BCUT2D eigenvalue weighted by Crippen LogP contribution is 2.25. The molecule has 0 saturated carbocycles. The Morgan fingerprint density at radius 2 is 2.12 bits per heavy atom. The van der Waals surface area contributed by atoms with Gasteiger partial charge in [0, 0.05) is 11.4 Å². The fraction of sp³-hybridized carbons (Fsp3) is 0.444. The topological polar surface area (TPSA) is 20.3 Å². The lowest BCUT2D eigenvalue weighted by Crippen LogP contribution is -2.40. The minimum Gasteiger partial charge on any atom is -0.330 e. The van der Waals surface area contributed by atoms with E-state index >= 15 is 0 Å². The van der Waals surface area contributed by atoms with Gasteiger partial charge in [-0.25, -0.2) is 0 Å². The van der Waals surface area contributed by atoms with Crippen LogP contribution in [0.25, 0.3) is 0 Å². The van der Waals surface area contributed by atoms with Crippen LogP contribution >= 0.6 is 27.3 Å². The first-order valence-electron chi connectivity index (χ1n) is 4.45. The zero-order chi connectivity index (χ0) is 12.3. The van der Waals surface area contributed by atoms with E-state index in [1.807, 2.05) is 0 Å². The Labute approximate surface area is 103 Å². The summed E-state index contributed by atoms with van der Waals surface area (Å²) in [4.78, 5) is 12.5. The Morgan fingerprint density at radius 1 is 1.50 bits per heavy atom. The summed E-state index contributed by atoms with van der Waals surface area (Å²) in [6.07, 6.45) is -4.80. The van der Waals surface area contributed by atoms with Crippen molar-refractivity contribution in [2.75, 3.05) is 6.54 Å². The first-order valence-corrected chi connectivity index (χ1v) is 6.06. The van der Waals surface area contributed by atoms with Crippen LogP contribution in [-0.2, 0) is 11.3 Å². The molecule has 90 valence electrons. The molecule has 0 N–H and O–H groups in total. The monoisotopic (exact) mass is 315 g/mol. The normalized spacial score (nSPS) is 11.6. The molecule has 1 aromatic rings. The second kappa shape index (κ2) is 5.18. The lowest BCUT2D eigenvalue weighted by atomic mass is 10.4. The molecule has 7 heteroatoms. The van der Waals surface area contributed by atoms with Gasteiger partial charge in [-0.2, -0.15) is 13.2 Å². The molecule has 0 unspecified atom stereocenters. The Morgan fingerprint density at radius 3 is 2.50 bits per heavy atom. The number of nitrogens with zero attached hydrogens (tertiary/aromatic N) is 1. The van der Waals surface area contributed by atoms with Gasteiger partial charge in [0.2, 0.25) is 0 Å². The largest absolute Gasteiger partial charge is 0.471 e. The van der Waals surface area contributed by atoms with Crippen molar-refractivity contribution >= 4 is 33.2 Å². The molecular formula is C9H9BrF3NOS. The van der Waals surface area contributed by atoms with Crippen LogP contribution in [0.1, 0.15) is 11.8 Å². The maximum Gasteiger partial charge on any atom is 0.471 e. The quantitative estimate of drug-likeness (QED) is 0.837. The summed E-state index contributed by atoms with van der Waals surface area (Å²) < 4.78 is 37.4. The zero-order valence-electron chi connectivity index (χ0n) is 8.34. The average Bonchev–Trinajstić information content (AvgIpc) is 2.58. The van der Waals surface area contributed by atoms with E-state index in [4.69, 9.17) is 0 Å². The van der Waals surface area contributed by atoms with Crippen LogP contribution in [0, 0.1) is 0 Å². The van der Waals surface area contributed by atoms with Crippen molar-refractivity contribution in [3.05, 3.63) is 20.8 Å². The van der Waals surface area contributed by atoms with E-state index < -0.39 is 12.1 Å². The van der Waals surface area contributed by atoms with E-state index in [0.717, 1.165) is 8.69 Å². The highest BCUT2D eigenvalue weighted by Gasteiger charge is 2.41. The van der Waals surface area contributed by atoms with Crippen LogP contribution < -0.4 is 0 Å². The summed E-state index contributed by atoms with van der Waals surface area (Å²) in [6, 6.07) is 3.44. The molecule has 1 amide bonds. The van der Waals surface area contributed by atoms with Gasteiger partial charge >= 0.3 is 12.1 Å². The Kier molecular flexibility index (Phi) is 4.37. The molecule has 2 nitrogen and oxygen atoms in total. The van der Waals surface area contributed by atoms with Gasteiger partial charge in [-0.3, -0.25) is 4.79 Å². The van der Waals surface area contributed by atoms with Gasteiger partial charge in [-0.15, -0.1) is 11.3 Å². The number of carbonyl (C=O) groups is 1. The standard InChI is InChI=1S/C9H9BrF3NOS/c1-2-14(8(15)9(11,12)13)5-6-3-4-7(10)16-6/h3-4H,2,5H2,1H3. The van der Waals surface area contributed by atoms with Crippen molar-refractivity contribution in [3.63, 3.8) is 0 Å². The fourth-order valence-corrected chi connectivity index (χ4v) is 2.63. The molecule has 1 rings (SSSR count). The summed E-state index contributed by atoms with van der Waals surface area (Å²) in [7, 11) is 0. The van der Waals surface area contributed by atoms with Gasteiger partial charge in [-0.1, -0.05) is 0 Å². The number of thiophene rings is 1. The number of amides is 1. The SMILES string of the molecule is CCN(Cc1ccc(Br)s1)C(=O)C(F)(F)F. The number of halogens is 4. The first kappa shape index (κ1) is 13.5. The highest BCUT2D eigenvalue weighted by atomic mass is 79.9. The second-order valence-corrected chi connectivity index (χ2v) is 5.57. The van der Waals surface area contributed by atoms with Crippen LogP contribution in [0.3, 0.4) is 0 Å². The van der Waals surface area contributed by atoms with E-state index in [9.17, 15) is 18.0 Å². The van der Waals surface area contributed by atoms with Gasteiger partial charge < -0.3 is 4.90 Å². The fourth-order valence-electron chi connectivity index (χ4n) is 1.13. The molecule has 0 fully saturated rings. The number of carbonyl (C=O) groups excluding carboxylic acids is 1. The molecule has 0 aliphatic heterocycles. The van der Waals surface area contributed by atoms with E-state index in [0.29, 0.717) is 4.88 Å². The van der Waals surface area contributed by atoms with Gasteiger partial charge in [0.25, 0.3) is 0 Å². The van der Waals surface area contributed by atoms with E-state index in [1.54, 1.807) is 12.1 Å². The highest BCUT2D eigenvalue weighted by molar-refractivity contribution is 9.11. The van der Waals surface area contributed by atoms with Crippen molar-refractivity contribution in [2.24, 2.45) is 0 Å². The molecule has 16 heavy (non-hydrogen) atoms. The minimum absolute atomic E-state index is 0.00882. The predicted octanol–water partition coefficient (Wildman–Crippen LogP) is 3.42. The molecular weight excluding hydrogens is 307 g/mol. The van der Waals surface area contributed by atoms with E-state index in [1.165, 1.54) is 18.3 Å². The lowest BCUT2D eigenvalue weighted by molar-refractivity contribution is -0.185. The van der Waals surface area contributed by atoms with Gasteiger partial charge in [0.05, 0.1) is 10.3 Å². The average molecular weight is 316 g/mol. The third-order valence-corrected chi connectivity index (χ3v) is 3.50. The molecule has 1 heterocycles. The predicted molar refractivity (Wildman–Crippen MR) is 59.2 cm³/mol. The smallest absolute Gasteiger partial charge is 0.330 e. The summed E-state index contributed by atoms with van der Waals surface area (Å²) in [5.74, 6) is -1.79. The van der Waals surface area contributed by atoms with Crippen LogP contribution in [0.4, 0.5) is 13.2 Å². The molecule has 0 aliphatic rings. The minimum atomic E-state index is -4.80. The third kappa shape index (κ3) is 3.48. The van der Waals surface area contributed by atoms with Crippen LogP contribution in [0.5, 0.6) is 0 Å². The van der Waals surface area contributed by atoms with E-state index in [2.05, 4.69) is 15.9 Å². The van der Waals surface area contributed by atoms with Crippen LogP contribution in [-0.4, -0.2) is 23.5 Å². The van der Waals surface area contributed by atoms with E-state index in [-0.39, 0.29) is 13.1 Å². The number of hydrogen-bond donors (Lipinski definition) is 0. The van der Waals surface area contributed by atoms with Crippen molar-refractivity contribution < 1.29 is 18.0 Å². The van der Waals surface area contributed by atoms with Gasteiger partial charge in [-0.05, 0) is 35.0 Å². The molecule has 0 aliphatic carbocycles.